The quantitative estimate of drug-likeness (QED) is 0.366. The molecule has 0 aliphatic carbocycles. The highest BCUT2D eigenvalue weighted by molar-refractivity contribution is 4.85. The van der Waals surface area contributed by atoms with Gasteiger partial charge in [0.1, 0.15) is 0 Å². The molecule has 24 heavy (non-hydrogen) atoms. The van der Waals surface area contributed by atoms with E-state index in [1.807, 2.05) is 6.08 Å². The van der Waals surface area contributed by atoms with Gasteiger partial charge in [-0.1, -0.05) is 6.58 Å². The van der Waals surface area contributed by atoms with Crippen molar-refractivity contribution in [3.05, 3.63) is 18.4 Å². The molecule has 0 saturated carbocycles. The van der Waals surface area contributed by atoms with Gasteiger partial charge >= 0.3 is 0 Å². The zero-order valence-electron chi connectivity index (χ0n) is 15.2. The second kappa shape index (κ2) is 13.9. The molecule has 0 amide bonds. The van der Waals surface area contributed by atoms with E-state index in [1.54, 1.807) is 0 Å². The number of unbranched alkanes of at least 4 members (excludes halogenated alkanes) is 2. The van der Waals surface area contributed by atoms with Gasteiger partial charge < -0.3 is 14.7 Å². The number of terminal acetylenes is 2. The maximum atomic E-state index is 5.39. The Morgan fingerprint density at radius 1 is 0.750 bits per heavy atom. The molecule has 0 aromatic carbocycles. The highest BCUT2D eigenvalue weighted by Gasteiger charge is 2.15. The van der Waals surface area contributed by atoms with Crippen molar-refractivity contribution in [1.82, 2.24) is 14.7 Å². The van der Waals surface area contributed by atoms with Gasteiger partial charge in [0.25, 0.3) is 0 Å². The van der Waals surface area contributed by atoms with Gasteiger partial charge in [-0.05, 0) is 38.4 Å². The van der Waals surface area contributed by atoms with Crippen molar-refractivity contribution < 1.29 is 0 Å². The van der Waals surface area contributed by atoms with Crippen LogP contribution in [0.1, 0.15) is 32.1 Å². The molecule has 3 nitrogen and oxygen atoms in total. The molecule has 0 aromatic rings. The molecule has 3 heteroatoms. The first-order valence-corrected chi connectivity index (χ1v) is 9.18. The molecule has 0 spiro atoms. The normalized spacial score (nSPS) is 17.8. The molecule has 0 atom stereocenters. The lowest BCUT2D eigenvalue weighted by Crippen LogP contribution is -2.37. The van der Waals surface area contributed by atoms with Crippen LogP contribution in [0.4, 0.5) is 0 Å². The van der Waals surface area contributed by atoms with Crippen molar-refractivity contribution in [3.8, 4) is 24.7 Å². The van der Waals surface area contributed by atoms with Crippen LogP contribution in [0, 0.1) is 24.7 Å². The summed E-state index contributed by atoms with van der Waals surface area (Å²) in [5, 5.41) is 0. The van der Waals surface area contributed by atoms with Crippen LogP contribution in [0.5, 0.6) is 0 Å². The van der Waals surface area contributed by atoms with Gasteiger partial charge in [0.05, 0.1) is 0 Å². The summed E-state index contributed by atoms with van der Waals surface area (Å²) < 4.78 is 0. The fourth-order valence-corrected chi connectivity index (χ4v) is 3.01. The molecule has 1 rings (SSSR count). The number of nitrogens with zero attached hydrogens (tertiary/aromatic N) is 3. The Morgan fingerprint density at radius 2 is 1.17 bits per heavy atom. The largest absolute Gasteiger partial charge is 0.301 e. The topological polar surface area (TPSA) is 9.72 Å². The number of hydrogen-bond donors (Lipinski definition) is 0. The molecule has 0 N–H and O–H groups in total. The van der Waals surface area contributed by atoms with E-state index in [0.717, 1.165) is 91.0 Å². The van der Waals surface area contributed by atoms with Crippen LogP contribution in [0.15, 0.2) is 18.4 Å². The molecule has 1 fully saturated rings. The fraction of sp³-hybridized carbons (Fsp3) is 0.667. The summed E-state index contributed by atoms with van der Waals surface area (Å²) in [6, 6.07) is 0. The van der Waals surface area contributed by atoms with Crippen LogP contribution >= 0.6 is 0 Å². The average Bonchev–Trinajstić information content (AvgIpc) is 2.68. The van der Waals surface area contributed by atoms with Crippen LogP contribution in [-0.2, 0) is 0 Å². The highest BCUT2D eigenvalue weighted by atomic mass is 15.3. The average molecular weight is 328 g/mol. The lowest BCUT2D eigenvalue weighted by atomic mass is 10.2. The van der Waals surface area contributed by atoms with Crippen molar-refractivity contribution >= 4 is 0 Å². The second-order valence-electron chi connectivity index (χ2n) is 6.34. The summed E-state index contributed by atoms with van der Waals surface area (Å²) >= 11 is 0. The summed E-state index contributed by atoms with van der Waals surface area (Å²) in [6.07, 6.45) is 17.8. The summed E-state index contributed by atoms with van der Waals surface area (Å²) in [4.78, 5) is 7.68. The Morgan fingerprint density at radius 3 is 1.54 bits per heavy atom. The summed E-state index contributed by atoms with van der Waals surface area (Å²) in [7, 11) is 0. The third-order valence-electron chi connectivity index (χ3n) is 4.52. The van der Waals surface area contributed by atoms with Crippen LogP contribution in [0.3, 0.4) is 0 Å². The molecule has 1 heterocycles. The molecule has 0 bridgehead atoms. The molecule has 1 aliphatic rings. The predicted molar refractivity (Wildman–Crippen MR) is 104 cm³/mol. The molecule has 0 unspecified atom stereocenters. The fourth-order valence-electron chi connectivity index (χ4n) is 3.01. The zero-order chi connectivity index (χ0) is 17.5. The van der Waals surface area contributed by atoms with Crippen molar-refractivity contribution in [1.29, 1.82) is 0 Å². The van der Waals surface area contributed by atoms with Crippen LogP contribution < -0.4 is 0 Å². The molecule has 0 radical (unpaired) electrons. The Hall–Kier alpha value is -1.48. The standard InChI is InChI=1S/C21H33N3/c1-4-7-10-13-22-16-18-23(14-11-8-5-2)20-21-24(19-17-22)15-12-9-6-3/h1-2,9H,3,7-8,10-21H2. The van der Waals surface area contributed by atoms with Crippen molar-refractivity contribution in [2.75, 3.05) is 58.9 Å². The second-order valence-corrected chi connectivity index (χ2v) is 6.34. The summed E-state index contributed by atoms with van der Waals surface area (Å²) in [5.41, 5.74) is 2.87. The number of hydrogen-bond acceptors (Lipinski definition) is 3. The molecule has 1 saturated heterocycles. The van der Waals surface area contributed by atoms with E-state index in [1.165, 1.54) is 0 Å². The smallest absolute Gasteiger partial charge is 0.0110 e. The first kappa shape index (κ1) is 20.6. The highest BCUT2D eigenvalue weighted by Crippen LogP contribution is 2.04. The summed E-state index contributed by atoms with van der Waals surface area (Å²) in [6.45, 7) is 13.7. The van der Waals surface area contributed by atoms with Gasteiger partial charge in [-0.3, -0.25) is 0 Å². The van der Waals surface area contributed by atoms with E-state index in [-0.39, 0.29) is 0 Å². The molecular formula is C21H33N3. The minimum absolute atomic E-state index is 0.871. The molecule has 132 valence electrons. The lowest BCUT2D eigenvalue weighted by molar-refractivity contribution is 0.217. The Kier molecular flexibility index (Phi) is 11.9. The van der Waals surface area contributed by atoms with E-state index in [9.17, 15) is 0 Å². The lowest BCUT2D eigenvalue weighted by Gasteiger charge is -2.25. The Balaban J connectivity index is 2.55. The number of rotatable bonds is 9. The minimum atomic E-state index is 0.871. The maximum absolute atomic E-state index is 5.39. The van der Waals surface area contributed by atoms with E-state index in [2.05, 4.69) is 38.9 Å². The van der Waals surface area contributed by atoms with Crippen molar-refractivity contribution in [2.24, 2.45) is 0 Å². The van der Waals surface area contributed by atoms with E-state index in [0.29, 0.717) is 0 Å². The predicted octanol–water partition coefficient (Wildman–Crippen LogP) is 2.46. The van der Waals surface area contributed by atoms with Gasteiger partial charge in [0.2, 0.25) is 0 Å². The Labute approximate surface area is 149 Å². The zero-order valence-corrected chi connectivity index (χ0v) is 15.2. The SMILES string of the molecule is C#CCCCN1CCN(CCC=C=C)CCN(CCCC#C)CC1. The van der Waals surface area contributed by atoms with Gasteiger partial charge in [-0.25, -0.2) is 0 Å². The van der Waals surface area contributed by atoms with Gasteiger partial charge in [0.15, 0.2) is 0 Å². The van der Waals surface area contributed by atoms with Gasteiger partial charge in [-0.15, -0.1) is 30.4 Å². The third kappa shape index (κ3) is 9.61. The van der Waals surface area contributed by atoms with E-state index in [4.69, 9.17) is 12.8 Å². The van der Waals surface area contributed by atoms with Crippen LogP contribution in [-0.4, -0.2) is 73.6 Å². The van der Waals surface area contributed by atoms with Gasteiger partial charge in [-0.2, -0.15) is 0 Å². The summed E-state index contributed by atoms with van der Waals surface area (Å²) in [5.74, 6) is 5.50. The third-order valence-corrected chi connectivity index (χ3v) is 4.52. The van der Waals surface area contributed by atoms with E-state index < -0.39 is 0 Å². The van der Waals surface area contributed by atoms with E-state index >= 15 is 0 Å². The van der Waals surface area contributed by atoms with Gasteiger partial charge in [0, 0.05) is 58.7 Å². The maximum Gasteiger partial charge on any atom is 0.0110 e. The van der Waals surface area contributed by atoms with Crippen LogP contribution in [0.25, 0.3) is 0 Å². The monoisotopic (exact) mass is 327 g/mol. The molecular weight excluding hydrogens is 294 g/mol. The molecule has 0 aromatic heterocycles. The first-order valence-electron chi connectivity index (χ1n) is 9.18. The van der Waals surface area contributed by atoms with Crippen molar-refractivity contribution in [2.45, 2.75) is 32.1 Å². The Bertz CT molecular complexity index is 419. The van der Waals surface area contributed by atoms with Crippen LogP contribution in [0.2, 0.25) is 0 Å². The minimum Gasteiger partial charge on any atom is -0.301 e. The van der Waals surface area contributed by atoms with Crippen molar-refractivity contribution in [3.63, 3.8) is 0 Å². The first-order chi connectivity index (χ1) is 11.8. The molecule has 1 aliphatic heterocycles.